The van der Waals surface area contributed by atoms with Gasteiger partial charge >= 0.3 is 0 Å². The van der Waals surface area contributed by atoms with Gasteiger partial charge in [-0.1, -0.05) is 11.8 Å². The lowest BCUT2D eigenvalue weighted by Crippen LogP contribution is -2.12. The van der Waals surface area contributed by atoms with Gasteiger partial charge in [-0.15, -0.1) is 0 Å². The lowest BCUT2D eigenvalue weighted by Gasteiger charge is -2.05. The van der Waals surface area contributed by atoms with E-state index < -0.39 is 0 Å². The van der Waals surface area contributed by atoms with Gasteiger partial charge in [0.1, 0.15) is 6.61 Å². The third kappa shape index (κ3) is 3.67. The third-order valence-corrected chi connectivity index (χ3v) is 2.61. The fourth-order valence-electron chi connectivity index (χ4n) is 1.67. The largest absolute Gasteiger partial charge is 0.384 e. The molecule has 20 heavy (non-hydrogen) atoms. The molecule has 2 rings (SSSR count). The van der Waals surface area contributed by atoms with Crippen molar-refractivity contribution in [2.45, 2.75) is 6.92 Å². The number of pyridine rings is 1. The van der Waals surface area contributed by atoms with Crippen molar-refractivity contribution in [2.75, 3.05) is 11.9 Å². The van der Waals surface area contributed by atoms with E-state index in [1.165, 1.54) is 0 Å². The Hall–Kier alpha value is -2.64. The highest BCUT2D eigenvalue weighted by Gasteiger charge is 2.06. The molecule has 0 saturated heterocycles. The van der Waals surface area contributed by atoms with Crippen LogP contribution in [0.3, 0.4) is 0 Å². The second-order valence-electron chi connectivity index (χ2n) is 4.18. The van der Waals surface area contributed by atoms with Crippen molar-refractivity contribution in [1.29, 1.82) is 0 Å². The van der Waals surface area contributed by atoms with E-state index in [1.807, 2.05) is 6.92 Å². The summed E-state index contributed by atoms with van der Waals surface area (Å²) < 4.78 is 0. The molecule has 0 aliphatic carbocycles. The second-order valence-corrected chi connectivity index (χ2v) is 4.18. The Labute approximate surface area is 117 Å². The van der Waals surface area contributed by atoms with Crippen LogP contribution >= 0.6 is 0 Å². The first-order valence-electron chi connectivity index (χ1n) is 6.13. The number of amides is 1. The number of carbonyl (C=O) groups is 1. The Bertz CT molecular complexity index is 667. The summed E-state index contributed by atoms with van der Waals surface area (Å²) in [6, 6.07) is 10.5. The minimum atomic E-state index is -0.176. The molecule has 0 aliphatic heterocycles. The van der Waals surface area contributed by atoms with E-state index in [0.29, 0.717) is 11.3 Å². The Balaban J connectivity index is 2.08. The fraction of sp³-hybridized carbons (Fsp3) is 0.125. The number of rotatable bonds is 2. The predicted molar refractivity (Wildman–Crippen MR) is 77.3 cm³/mol. The zero-order valence-corrected chi connectivity index (χ0v) is 11.1. The Morgan fingerprint density at radius 2 is 2.05 bits per heavy atom. The Morgan fingerprint density at radius 1 is 1.30 bits per heavy atom. The lowest BCUT2D eigenvalue weighted by atomic mass is 10.2. The van der Waals surface area contributed by atoms with Gasteiger partial charge in [-0.25, -0.2) is 0 Å². The average molecular weight is 266 g/mol. The van der Waals surface area contributed by atoms with Crippen LogP contribution in [-0.4, -0.2) is 22.6 Å². The number of nitrogens with zero attached hydrogens (tertiary/aromatic N) is 1. The van der Waals surface area contributed by atoms with E-state index in [-0.39, 0.29) is 12.5 Å². The molecule has 100 valence electrons. The molecule has 0 unspecified atom stereocenters. The van der Waals surface area contributed by atoms with Crippen molar-refractivity contribution >= 4 is 11.6 Å². The van der Waals surface area contributed by atoms with Gasteiger partial charge in [-0.2, -0.15) is 0 Å². The van der Waals surface area contributed by atoms with Gasteiger partial charge in [0, 0.05) is 28.7 Å². The number of carbonyl (C=O) groups excluding carboxylic acids is 1. The van der Waals surface area contributed by atoms with Gasteiger partial charge in [0.25, 0.3) is 5.91 Å². The van der Waals surface area contributed by atoms with E-state index in [0.717, 1.165) is 11.3 Å². The highest BCUT2D eigenvalue weighted by atomic mass is 16.2. The van der Waals surface area contributed by atoms with E-state index in [4.69, 9.17) is 5.11 Å². The molecule has 0 radical (unpaired) electrons. The van der Waals surface area contributed by atoms with Gasteiger partial charge in [0.05, 0.1) is 0 Å². The third-order valence-electron chi connectivity index (χ3n) is 2.61. The molecular weight excluding hydrogens is 252 g/mol. The first-order valence-corrected chi connectivity index (χ1v) is 6.13. The smallest absolute Gasteiger partial charge is 0.255 e. The van der Waals surface area contributed by atoms with E-state index in [1.54, 1.807) is 42.6 Å². The molecule has 0 aliphatic rings. The average Bonchev–Trinajstić information content (AvgIpc) is 2.46. The van der Waals surface area contributed by atoms with Crippen LogP contribution in [0.15, 0.2) is 42.6 Å². The van der Waals surface area contributed by atoms with Crippen molar-refractivity contribution in [3.05, 3.63) is 59.4 Å². The van der Waals surface area contributed by atoms with Crippen molar-refractivity contribution in [2.24, 2.45) is 0 Å². The first kappa shape index (κ1) is 13.8. The molecule has 0 atom stereocenters. The van der Waals surface area contributed by atoms with Gasteiger partial charge in [-0.3, -0.25) is 9.78 Å². The standard InChI is InChI=1S/C16H14N2O2/c1-12-11-14(8-9-17-12)16(20)18-15-6-4-13(5-7-15)3-2-10-19/h4-9,11,19H,10H2,1H3,(H,18,20). The van der Waals surface area contributed by atoms with Crippen LogP contribution in [-0.2, 0) is 0 Å². The highest BCUT2D eigenvalue weighted by Crippen LogP contribution is 2.11. The van der Waals surface area contributed by atoms with Crippen LogP contribution in [0.4, 0.5) is 5.69 Å². The molecule has 0 spiro atoms. The van der Waals surface area contributed by atoms with Crippen LogP contribution in [0.25, 0.3) is 0 Å². The number of aromatic nitrogens is 1. The first-order chi connectivity index (χ1) is 9.69. The Morgan fingerprint density at radius 3 is 2.70 bits per heavy atom. The van der Waals surface area contributed by atoms with Gasteiger partial charge < -0.3 is 10.4 Å². The molecule has 0 fully saturated rings. The summed E-state index contributed by atoms with van der Waals surface area (Å²) >= 11 is 0. The molecule has 0 saturated carbocycles. The molecule has 1 amide bonds. The van der Waals surface area contributed by atoms with Crippen LogP contribution in [0, 0.1) is 18.8 Å². The van der Waals surface area contributed by atoms with E-state index in [2.05, 4.69) is 22.1 Å². The van der Waals surface area contributed by atoms with E-state index in [9.17, 15) is 4.79 Å². The number of anilines is 1. The molecule has 4 nitrogen and oxygen atoms in total. The zero-order chi connectivity index (χ0) is 14.4. The molecule has 1 heterocycles. The summed E-state index contributed by atoms with van der Waals surface area (Å²) in [5.74, 6) is 5.18. The fourth-order valence-corrected chi connectivity index (χ4v) is 1.67. The summed E-state index contributed by atoms with van der Waals surface area (Å²) in [5.41, 5.74) is 2.85. The van der Waals surface area contributed by atoms with Crippen molar-refractivity contribution in [3.8, 4) is 11.8 Å². The molecule has 1 aromatic carbocycles. The predicted octanol–water partition coefficient (Wildman–Crippen LogP) is 1.99. The Kier molecular flexibility index (Phi) is 4.48. The highest BCUT2D eigenvalue weighted by molar-refractivity contribution is 6.04. The van der Waals surface area contributed by atoms with Crippen molar-refractivity contribution in [3.63, 3.8) is 0 Å². The topological polar surface area (TPSA) is 62.2 Å². The monoisotopic (exact) mass is 266 g/mol. The van der Waals surface area contributed by atoms with Gasteiger partial charge in [0.15, 0.2) is 0 Å². The summed E-state index contributed by atoms with van der Waals surface area (Å²) in [6.07, 6.45) is 1.61. The number of aryl methyl sites for hydroxylation is 1. The van der Waals surface area contributed by atoms with Gasteiger partial charge in [-0.05, 0) is 43.3 Å². The normalized spacial score (nSPS) is 9.50. The second kappa shape index (κ2) is 6.50. The molecule has 0 bridgehead atoms. The maximum absolute atomic E-state index is 12.0. The van der Waals surface area contributed by atoms with Crippen LogP contribution in [0.1, 0.15) is 21.6 Å². The number of aliphatic hydroxyl groups excluding tert-OH is 1. The minimum absolute atomic E-state index is 0.167. The number of hydrogen-bond donors (Lipinski definition) is 2. The molecule has 1 aromatic heterocycles. The summed E-state index contributed by atoms with van der Waals surface area (Å²) in [7, 11) is 0. The summed E-state index contributed by atoms with van der Waals surface area (Å²) in [4.78, 5) is 16.1. The van der Waals surface area contributed by atoms with E-state index >= 15 is 0 Å². The lowest BCUT2D eigenvalue weighted by molar-refractivity contribution is 0.102. The van der Waals surface area contributed by atoms with Crippen molar-refractivity contribution in [1.82, 2.24) is 4.98 Å². The number of hydrogen-bond acceptors (Lipinski definition) is 3. The molecule has 2 N–H and O–H groups in total. The number of benzene rings is 1. The van der Waals surface area contributed by atoms with Crippen LogP contribution in [0.5, 0.6) is 0 Å². The maximum Gasteiger partial charge on any atom is 0.255 e. The molecular formula is C16H14N2O2. The van der Waals surface area contributed by atoms with Crippen molar-refractivity contribution < 1.29 is 9.90 Å². The summed E-state index contributed by atoms with van der Waals surface area (Å²) in [5, 5.41) is 11.4. The van der Waals surface area contributed by atoms with Crippen LogP contribution < -0.4 is 5.32 Å². The maximum atomic E-state index is 12.0. The molecule has 2 aromatic rings. The van der Waals surface area contributed by atoms with Gasteiger partial charge in [0.2, 0.25) is 0 Å². The number of aliphatic hydroxyl groups is 1. The molecule has 4 heteroatoms. The quantitative estimate of drug-likeness (QED) is 0.817. The zero-order valence-electron chi connectivity index (χ0n) is 11.1. The SMILES string of the molecule is Cc1cc(C(=O)Nc2ccc(C#CCO)cc2)ccn1. The van der Waals surface area contributed by atoms with Crippen LogP contribution in [0.2, 0.25) is 0 Å². The minimum Gasteiger partial charge on any atom is -0.384 e. The number of nitrogens with one attached hydrogen (secondary N) is 1. The summed E-state index contributed by atoms with van der Waals surface area (Å²) in [6.45, 7) is 1.67.